The molecule has 4 rings (SSSR count). The number of nitrogens with zero attached hydrogens (tertiary/aromatic N) is 1. The Morgan fingerprint density at radius 1 is 1.18 bits per heavy atom. The van der Waals surface area contributed by atoms with E-state index in [0.29, 0.717) is 0 Å². The van der Waals surface area contributed by atoms with E-state index in [2.05, 4.69) is 11.0 Å². The lowest BCUT2D eigenvalue weighted by Gasteiger charge is -2.17. The van der Waals surface area contributed by atoms with Crippen molar-refractivity contribution in [2.75, 3.05) is 18.0 Å². The summed E-state index contributed by atoms with van der Waals surface area (Å²) < 4.78 is 5.77. The number of carbonyl (C=O) groups is 1. The zero-order valence-corrected chi connectivity index (χ0v) is 9.74. The molecule has 0 radical (unpaired) electrons. The van der Waals surface area contributed by atoms with Crippen LogP contribution in [-0.4, -0.2) is 24.5 Å². The van der Waals surface area contributed by atoms with Gasteiger partial charge in [0.25, 0.3) is 0 Å². The van der Waals surface area contributed by atoms with Crippen molar-refractivity contribution in [1.82, 2.24) is 0 Å². The number of carbonyl (C=O) groups excluding carboxylic acids is 1. The summed E-state index contributed by atoms with van der Waals surface area (Å²) >= 11 is 0. The number of fused-ring (bicyclic) bond motifs is 1. The van der Waals surface area contributed by atoms with Crippen LogP contribution < -0.4 is 9.64 Å². The molecule has 3 heteroatoms. The fourth-order valence-corrected chi connectivity index (χ4v) is 2.90. The molecular formula is C14H15NO2. The zero-order valence-electron chi connectivity index (χ0n) is 9.74. The lowest BCUT2D eigenvalue weighted by atomic mass is 10.1. The predicted molar refractivity (Wildman–Crippen MR) is 64.8 cm³/mol. The fraction of sp³-hybridized carbons (Fsp3) is 0.500. The second kappa shape index (κ2) is 3.03. The third-order valence-corrected chi connectivity index (χ3v) is 4.10. The molecular weight excluding hydrogens is 214 g/mol. The molecule has 2 heterocycles. The summed E-state index contributed by atoms with van der Waals surface area (Å²) in [5.74, 6) is 0.990. The maximum atomic E-state index is 12.2. The molecule has 0 N–H and O–H groups in total. The third kappa shape index (κ3) is 1.25. The largest absolute Gasteiger partial charge is 0.478 e. The number of ether oxygens (including phenoxy) is 1. The highest BCUT2D eigenvalue weighted by Crippen LogP contribution is 2.50. The molecule has 1 aromatic rings. The lowest BCUT2D eigenvalue weighted by Crippen LogP contribution is -2.21. The highest BCUT2D eigenvalue weighted by atomic mass is 16.5. The molecule has 3 nitrogen and oxygen atoms in total. The first-order valence-corrected chi connectivity index (χ1v) is 6.41. The standard InChI is InChI=1S/C14H15NO2/c16-13-11-9-10(15-7-1-2-8-15)3-4-12(11)17-14(13)5-6-14/h3-4,9H,1-2,5-8H2. The molecule has 1 spiro atoms. The van der Waals surface area contributed by atoms with E-state index in [4.69, 9.17) is 4.74 Å². The van der Waals surface area contributed by atoms with Gasteiger partial charge in [-0.3, -0.25) is 4.79 Å². The number of anilines is 1. The summed E-state index contributed by atoms with van der Waals surface area (Å²) in [6, 6.07) is 6.07. The molecule has 1 saturated carbocycles. The first kappa shape index (κ1) is 9.51. The van der Waals surface area contributed by atoms with Crippen LogP contribution in [0.25, 0.3) is 0 Å². The smallest absolute Gasteiger partial charge is 0.210 e. The zero-order chi connectivity index (χ0) is 11.5. The normalized spacial score (nSPS) is 24.0. The van der Waals surface area contributed by atoms with Crippen LogP contribution in [-0.2, 0) is 0 Å². The molecule has 0 aromatic heterocycles. The van der Waals surface area contributed by atoms with Crippen molar-refractivity contribution in [3.63, 3.8) is 0 Å². The van der Waals surface area contributed by atoms with Crippen molar-refractivity contribution in [1.29, 1.82) is 0 Å². The van der Waals surface area contributed by atoms with Gasteiger partial charge in [-0.05, 0) is 43.9 Å². The van der Waals surface area contributed by atoms with E-state index >= 15 is 0 Å². The average molecular weight is 229 g/mol. The molecule has 88 valence electrons. The van der Waals surface area contributed by atoms with E-state index in [1.165, 1.54) is 18.5 Å². The van der Waals surface area contributed by atoms with E-state index in [1.807, 2.05) is 12.1 Å². The summed E-state index contributed by atoms with van der Waals surface area (Å²) in [5.41, 5.74) is 1.52. The Bertz CT molecular complexity index is 499. The molecule has 2 aliphatic heterocycles. The van der Waals surface area contributed by atoms with Crippen LogP contribution in [0.4, 0.5) is 5.69 Å². The van der Waals surface area contributed by atoms with Crippen LogP contribution >= 0.6 is 0 Å². The minimum Gasteiger partial charge on any atom is -0.478 e. The van der Waals surface area contributed by atoms with Crippen LogP contribution in [0, 0.1) is 0 Å². The summed E-state index contributed by atoms with van der Waals surface area (Å²) in [7, 11) is 0. The van der Waals surface area contributed by atoms with Gasteiger partial charge in [0, 0.05) is 18.8 Å². The second-order valence-corrected chi connectivity index (χ2v) is 5.30. The Labute approximate surface area is 100 Å². The average Bonchev–Trinajstić information content (AvgIpc) is 2.83. The Morgan fingerprint density at radius 3 is 2.65 bits per heavy atom. The summed E-state index contributed by atoms with van der Waals surface area (Å²) in [4.78, 5) is 14.6. The van der Waals surface area contributed by atoms with Gasteiger partial charge in [-0.2, -0.15) is 0 Å². The van der Waals surface area contributed by atoms with Gasteiger partial charge in [-0.25, -0.2) is 0 Å². The van der Waals surface area contributed by atoms with E-state index in [9.17, 15) is 4.79 Å². The number of Topliss-reactive ketones (excluding diaryl/α,β-unsaturated/α-hetero) is 1. The first-order chi connectivity index (χ1) is 8.28. The molecule has 1 saturated heterocycles. The van der Waals surface area contributed by atoms with Gasteiger partial charge >= 0.3 is 0 Å². The van der Waals surface area contributed by atoms with E-state index in [0.717, 1.165) is 37.2 Å². The van der Waals surface area contributed by atoms with Crippen LogP contribution in [0.3, 0.4) is 0 Å². The molecule has 0 bridgehead atoms. The lowest BCUT2D eigenvalue weighted by molar-refractivity contribution is 0.0820. The highest BCUT2D eigenvalue weighted by molar-refractivity contribution is 6.09. The SMILES string of the molecule is O=C1c2cc(N3CCCC3)ccc2OC12CC2. The minimum absolute atomic E-state index is 0.202. The quantitative estimate of drug-likeness (QED) is 0.740. The van der Waals surface area contributed by atoms with Crippen molar-refractivity contribution in [2.45, 2.75) is 31.3 Å². The van der Waals surface area contributed by atoms with Gasteiger partial charge in [0.05, 0.1) is 5.56 Å². The maximum absolute atomic E-state index is 12.2. The number of benzene rings is 1. The van der Waals surface area contributed by atoms with Crippen LogP contribution in [0.5, 0.6) is 5.75 Å². The van der Waals surface area contributed by atoms with Gasteiger partial charge in [0.2, 0.25) is 5.78 Å². The third-order valence-electron chi connectivity index (χ3n) is 4.10. The first-order valence-electron chi connectivity index (χ1n) is 6.41. The molecule has 3 aliphatic rings. The molecule has 0 atom stereocenters. The monoisotopic (exact) mass is 229 g/mol. The molecule has 2 fully saturated rings. The predicted octanol–water partition coefficient (Wildman–Crippen LogP) is 2.39. The van der Waals surface area contributed by atoms with Crippen molar-refractivity contribution in [3.05, 3.63) is 23.8 Å². The van der Waals surface area contributed by atoms with Gasteiger partial charge in [0.15, 0.2) is 5.60 Å². The topological polar surface area (TPSA) is 29.5 Å². The van der Waals surface area contributed by atoms with Gasteiger partial charge in [0.1, 0.15) is 5.75 Å². The van der Waals surface area contributed by atoms with Gasteiger partial charge < -0.3 is 9.64 Å². The summed E-state index contributed by atoms with van der Waals surface area (Å²) in [5, 5.41) is 0. The van der Waals surface area contributed by atoms with E-state index < -0.39 is 5.60 Å². The van der Waals surface area contributed by atoms with E-state index in [1.54, 1.807) is 0 Å². The van der Waals surface area contributed by atoms with Crippen LogP contribution in [0.2, 0.25) is 0 Å². The van der Waals surface area contributed by atoms with Gasteiger partial charge in [-0.15, -0.1) is 0 Å². The Morgan fingerprint density at radius 2 is 1.94 bits per heavy atom. The molecule has 1 aromatic carbocycles. The van der Waals surface area contributed by atoms with Crippen molar-refractivity contribution in [2.24, 2.45) is 0 Å². The Kier molecular flexibility index (Phi) is 1.70. The van der Waals surface area contributed by atoms with Crippen molar-refractivity contribution in [3.8, 4) is 5.75 Å². The highest BCUT2D eigenvalue weighted by Gasteiger charge is 2.57. The summed E-state index contributed by atoms with van der Waals surface area (Å²) in [6.45, 7) is 2.22. The second-order valence-electron chi connectivity index (χ2n) is 5.30. The fourth-order valence-electron chi connectivity index (χ4n) is 2.90. The number of hydrogen-bond donors (Lipinski definition) is 0. The van der Waals surface area contributed by atoms with Gasteiger partial charge in [-0.1, -0.05) is 0 Å². The van der Waals surface area contributed by atoms with Crippen LogP contribution in [0.1, 0.15) is 36.0 Å². The van der Waals surface area contributed by atoms with Crippen molar-refractivity contribution >= 4 is 11.5 Å². The van der Waals surface area contributed by atoms with Crippen molar-refractivity contribution < 1.29 is 9.53 Å². The Hall–Kier alpha value is -1.51. The maximum Gasteiger partial charge on any atom is 0.210 e. The minimum atomic E-state index is -0.452. The van der Waals surface area contributed by atoms with E-state index in [-0.39, 0.29) is 5.78 Å². The molecule has 1 aliphatic carbocycles. The van der Waals surface area contributed by atoms with Crippen LogP contribution in [0.15, 0.2) is 18.2 Å². The molecule has 0 amide bonds. The Balaban J connectivity index is 1.73. The number of hydrogen-bond acceptors (Lipinski definition) is 3. The summed E-state index contributed by atoms with van der Waals surface area (Å²) in [6.07, 6.45) is 4.29. The number of rotatable bonds is 1. The molecule has 0 unspecified atom stereocenters. The molecule has 17 heavy (non-hydrogen) atoms. The number of ketones is 1.